The monoisotopic (exact) mass is 1400 g/mol. The molecule has 10 atom stereocenters. The van der Waals surface area contributed by atoms with Gasteiger partial charge in [0.15, 0.2) is 33.3 Å². The van der Waals surface area contributed by atoms with Gasteiger partial charge in [-0.25, -0.2) is 0 Å². The van der Waals surface area contributed by atoms with Crippen molar-refractivity contribution in [1.82, 2.24) is 0 Å². The second kappa shape index (κ2) is 44.3. The number of fused-ring (bicyclic) bond motifs is 4. The summed E-state index contributed by atoms with van der Waals surface area (Å²) in [4.78, 5) is 0. The van der Waals surface area contributed by atoms with Crippen LogP contribution in [0.4, 0.5) is 0 Å². The molecule has 0 aromatic carbocycles. The van der Waals surface area contributed by atoms with Gasteiger partial charge >= 0.3 is 60.4 Å². The highest BCUT2D eigenvalue weighted by molar-refractivity contribution is 6.92. The van der Waals surface area contributed by atoms with Crippen LogP contribution in [-0.4, -0.2) is 146 Å². The third-order valence-electron chi connectivity index (χ3n) is 13.6. The molecule has 4 rings (SSSR count). The van der Waals surface area contributed by atoms with Crippen molar-refractivity contribution in [2.24, 2.45) is 23.7 Å². The lowest BCUT2D eigenvalue weighted by molar-refractivity contribution is 0.124. The minimum absolute atomic E-state index is 0. The minimum atomic E-state index is -2.75. The fourth-order valence-electron chi connectivity index (χ4n) is 12.1. The molecule has 0 spiro atoms. The van der Waals surface area contributed by atoms with E-state index >= 15 is 0 Å². The van der Waals surface area contributed by atoms with Crippen LogP contribution >= 0.6 is 0 Å². The predicted octanol–water partition coefficient (Wildman–Crippen LogP) is 21.0. The maximum Gasteiger partial charge on any atom is 0.528 e. The van der Waals surface area contributed by atoms with Crippen LogP contribution in [0.15, 0.2) is 12.3 Å². The molecule has 26 heteroatoms. The van der Waals surface area contributed by atoms with Crippen LogP contribution in [0.1, 0.15) is 148 Å². The van der Waals surface area contributed by atoms with Gasteiger partial charge in [-0.1, -0.05) is 129 Å². The first-order chi connectivity index (χ1) is 31.6. The molecule has 83 heavy (non-hydrogen) atoms. The van der Waals surface area contributed by atoms with Crippen molar-refractivity contribution < 1.29 is 59.5 Å². The van der Waals surface area contributed by atoms with Crippen LogP contribution in [0.5, 0.6) is 0 Å². The molecule has 10 unspecified atom stereocenters. The first-order valence-electron chi connectivity index (χ1n) is 26.1. The van der Waals surface area contributed by atoms with Crippen molar-refractivity contribution >= 4 is 103 Å². The Kier molecular flexibility index (Phi) is 60.0. The molecule has 0 heterocycles. The summed E-state index contributed by atoms with van der Waals surface area (Å²) in [6, 6.07) is 1.44. The Morgan fingerprint density at radius 1 is 0.373 bits per heavy atom. The van der Waals surface area contributed by atoms with Crippen molar-refractivity contribution in [3.05, 3.63) is 12.3 Å². The molecule has 4 saturated carbocycles. The third kappa shape index (κ3) is 37.8. The SMILES string of the molecule is C.C.C.C.C.C.C.C.C.C.C.C.C.C=C[Si](OC)(OC)OC.CO[Si](CC[Si](C)(O[Si](C)(C)C)O[Si](C)(O[Si](C)(C)O[Si](C)(C)C)C1CC2CCC1C2)(OC)OC.C[SiH](O[Si](C)(C)C)O[Si](C)(O[Si](C)(C)O[Si](C)(C)C)C1CC2CCC1C2. The van der Waals surface area contributed by atoms with Gasteiger partial charge in [-0.05, 0) is 192 Å². The second-order valence-electron chi connectivity index (χ2n) is 25.6. The number of hydrogen-bond donors (Lipinski definition) is 0. The lowest BCUT2D eigenvalue weighted by Gasteiger charge is -2.48. The fourth-order valence-corrected chi connectivity index (χ4v) is 62.7. The van der Waals surface area contributed by atoms with Crippen molar-refractivity contribution in [2.75, 3.05) is 42.7 Å². The Morgan fingerprint density at radius 3 is 0.940 bits per heavy atom. The summed E-state index contributed by atoms with van der Waals surface area (Å²) >= 11 is 0. The highest BCUT2D eigenvalue weighted by Gasteiger charge is 2.60. The highest BCUT2D eigenvalue weighted by Crippen LogP contribution is 2.58. The molecule has 0 saturated heterocycles. The predicted molar refractivity (Wildman–Crippen MR) is 404 cm³/mol. The summed E-state index contributed by atoms with van der Waals surface area (Å²) in [5, 5.41) is 0. The second-order valence-corrected chi connectivity index (χ2v) is 70.3. The van der Waals surface area contributed by atoms with Gasteiger partial charge in [-0.3, -0.25) is 0 Å². The zero-order valence-electron chi connectivity index (χ0n) is 49.6. The van der Waals surface area contributed by atoms with E-state index in [2.05, 4.69) is 138 Å². The van der Waals surface area contributed by atoms with Gasteiger partial charge in [0.25, 0.3) is 9.28 Å². The van der Waals surface area contributed by atoms with Gasteiger partial charge in [-0.2, -0.15) is 0 Å². The summed E-state index contributed by atoms with van der Waals surface area (Å²) in [5.74, 6) is 3.25. The summed E-state index contributed by atoms with van der Waals surface area (Å²) in [6.45, 7) is 48.5. The smallest absolute Gasteiger partial charge is 0.439 e. The van der Waals surface area contributed by atoms with E-state index in [-0.39, 0.29) is 96.5 Å². The van der Waals surface area contributed by atoms with E-state index in [0.717, 1.165) is 23.8 Å². The van der Waals surface area contributed by atoms with E-state index in [1.165, 1.54) is 51.4 Å². The number of hydrogen-bond acceptors (Lipinski definition) is 14. The Labute approximate surface area is 539 Å². The van der Waals surface area contributed by atoms with E-state index in [1.807, 2.05) is 0 Å². The molecular weight excluding hydrogens is 1250 g/mol. The van der Waals surface area contributed by atoms with E-state index in [4.69, 9.17) is 59.5 Å². The summed E-state index contributed by atoms with van der Waals surface area (Å²) < 4.78 is 87.1. The molecule has 0 aliphatic heterocycles. The molecule has 14 nitrogen and oxygen atoms in total. The van der Waals surface area contributed by atoms with Crippen molar-refractivity contribution in [3.8, 4) is 0 Å². The molecular formula is C57H160O14Si12. The van der Waals surface area contributed by atoms with E-state index < -0.39 is 103 Å². The van der Waals surface area contributed by atoms with Gasteiger partial charge in [0.2, 0.25) is 0 Å². The van der Waals surface area contributed by atoms with E-state index in [0.29, 0.717) is 23.0 Å². The lowest BCUT2D eigenvalue weighted by atomic mass is 10.0. The normalized spacial score (nSPS) is 22.2. The van der Waals surface area contributed by atoms with E-state index in [1.54, 1.807) is 48.4 Å². The summed E-state index contributed by atoms with van der Waals surface area (Å²) in [7, 11) is -16.4. The van der Waals surface area contributed by atoms with Crippen LogP contribution in [0.2, 0.25) is 154 Å². The van der Waals surface area contributed by atoms with Crippen LogP contribution in [0.25, 0.3) is 0 Å². The van der Waals surface area contributed by atoms with E-state index in [9.17, 15) is 0 Å². The molecule has 4 aliphatic rings. The Bertz CT molecular complexity index is 1580. The van der Waals surface area contributed by atoms with Gasteiger partial charge in [-0.15, -0.1) is 0 Å². The largest absolute Gasteiger partial charge is 0.528 e. The third-order valence-corrected chi connectivity index (χ3v) is 55.2. The Morgan fingerprint density at radius 2 is 0.699 bits per heavy atom. The average molecular weight is 1410 g/mol. The molecule has 0 amide bonds. The molecule has 0 radical (unpaired) electrons. The fraction of sp³-hybridized carbons (Fsp3) is 0.965. The maximum atomic E-state index is 7.41. The minimum Gasteiger partial charge on any atom is -0.439 e. The molecule has 4 bridgehead atoms. The zero-order chi connectivity index (χ0) is 54.2. The van der Waals surface area contributed by atoms with Gasteiger partial charge in [0.05, 0.1) is 0 Å². The Balaban J connectivity index is -0.0000000946. The molecule has 0 N–H and O–H groups in total. The topological polar surface area (TPSA) is 129 Å². The molecule has 0 aromatic rings. The summed E-state index contributed by atoms with van der Waals surface area (Å²) in [5.41, 5.74) is 2.70. The zero-order valence-corrected chi connectivity index (χ0v) is 61.8. The van der Waals surface area contributed by atoms with Crippen LogP contribution in [0, 0.1) is 23.7 Å². The first kappa shape index (κ1) is 112. The van der Waals surface area contributed by atoms with Gasteiger partial charge in [0, 0.05) is 59.8 Å². The summed E-state index contributed by atoms with van der Waals surface area (Å²) in [6.07, 6.45) is 10.7. The average Bonchev–Trinajstić information content (AvgIpc) is 4.01. The molecule has 4 aliphatic carbocycles. The van der Waals surface area contributed by atoms with Gasteiger partial charge < -0.3 is 59.5 Å². The van der Waals surface area contributed by atoms with Crippen molar-refractivity contribution in [3.63, 3.8) is 0 Å². The first-order valence-corrected chi connectivity index (χ1v) is 58.5. The van der Waals surface area contributed by atoms with Crippen LogP contribution < -0.4 is 0 Å². The number of rotatable bonds is 28. The lowest BCUT2D eigenvalue weighted by Crippen LogP contribution is -2.63. The van der Waals surface area contributed by atoms with Crippen molar-refractivity contribution in [1.29, 1.82) is 0 Å². The standard InChI is InChI=1S/C22H54O7Si6.C17H42O4Si5.C5H12O3Si.13CH4/c1-23-35(24-2,25-3)17-16-33(12,27-31(7,8)9)29-34(13,22-19-20-14-15-21(22)18-20)28-32(10,11)26-30(4,5)6;1-22(18-23(2,3)4)19-26(10,17-14-15-11-12-16(17)13-15)21-25(8,9)20-24(5,6)7;1-5-9(6-2,7-3)8-4;;;;;;;;;;;;;/h20-22H,14-19H2,1-13H3;15-17,22H,11-14H2,1-10H3;5H,1H2,2-4H3;13*1H4. The maximum absolute atomic E-state index is 7.41. The van der Waals surface area contributed by atoms with Crippen LogP contribution in [-0.2, 0) is 59.5 Å². The van der Waals surface area contributed by atoms with Crippen molar-refractivity contribution in [2.45, 2.75) is 302 Å². The van der Waals surface area contributed by atoms with Crippen LogP contribution in [0.3, 0.4) is 0 Å². The van der Waals surface area contributed by atoms with Gasteiger partial charge in [0.1, 0.15) is 0 Å². The highest BCUT2D eigenvalue weighted by atomic mass is 28.5. The molecule has 4 fully saturated rings. The molecule has 0 aromatic heterocycles. The molecule has 520 valence electrons. The quantitative estimate of drug-likeness (QED) is 0.0689. The Hall–Kier alpha value is 1.78.